The average Bonchev–Trinajstić information content (AvgIpc) is 3.29. The summed E-state index contributed by atoms with van der Waals surface area (Å²) < 4.78 is 6.16. The summed E-state index contributed by atoms with van der Waals surface area (Å²) in [5.41, 5.74) is 7.35. The van der Waals surface area contributed by atoms with Gasteiger partial charge in [-0.3, -0.25) is 9.69 Å². The van der Waals surface area contributed by atoms with Crippen molar-refractivity contribution in [1.82, 2.24) is 14.8 Å². The van der Waals surface area contributed by atoms with E-state index in [0.717, 1.165) is 31.5 Å². The van der Waals surface area contributed by atoms with Gasteiger partial charge in [-0.25, -0.2) is 4.98 Å². The predicted octanol–water partition coefficient (Wildman–Crippen LogP) is 4.22. The molecule has 2 fully saturated rings. The lowest BCUT2D eigenvalue weighted by Gasteiger charge is -2.30. The van der Waals surface area contributed by atoms with Gasteiger partial charge in [-0.1, -0.05) is 29.3 Å². The molecule has 180 valence electrons. The van der Waals surface area contributed by atoms with Crippen molar-refractivity contribution in [3.8, 4) is 11.9 Å². The molecule has 0 saturated carbocycles. The monoisotopic (exact) mass is 501 g/mol. The molecular formula is C25H29Cl2N5O2. The molecule has 2 aromatic rings. The summed E-state index contributed by atoms with van der Waals surface area (Å²) in [6.07, 6.45) is 3.01. The van der Waals surface area contributed by atoms with Crippen LogP contribution in [-0.4, -0.2) is 59.5 Å². The molecule has 1 aromatic carbocycles. The summed E-state index contributed by atoms with van der Waals surface area (Å²) in [6.45, 7) is 5.09. The van der Waals surface area contributed by atoms with Crippen LogP contribution in [0.1, 0.15) is 31.2 Å². The molecule has 1 aromatic heterocycles. The van der Waals surface area contributed by atoms with E-state index in [2.05, 4.69) is 16.0 Å². The zero-order chi connectivity index (χ0) is 24.2. The smallest absolute Gasteiger partial charge is 0.236 e. The number of ether oxygens (including phenoxy) is 1. The first-order chi connectivity index (χ1) is 16.3. The fourth-order valence-electron chi connectivity index (χ4n) is 4.85. The van der Waals surface area contributed by atoms with Crippen molar-refractivity contribution in [2.24, 2.45) is 11.8 Å². The van der Waals surface area contributed by atoms with E-state index in [4.69, 9.17) is 38.9 Å². The number of nitrogen functional groups attached to an aromatic ring is 1. The Balaban J connectivity index is 1.49. The molecule has 3 atom stereocenters. The maximum Gasteiger partial charge on any atom is 0.236 e. The highest BCUT2D eigenvalue weighted by Gasteiger charge is 2.40. The molecule has 0 aliphatic carbocycles. The van der Waals surface area contributed by atoms with Crippen LogP contribution in [0.5, 0.6) is 5.88 Å². The second-order valence-electron chi connectivity index (χ2n) is 9.17. The number of hydrogen-bond acceptors (Lipinski definition) is 6. The number of nitrogens with two attached hydrogens (primary N) is 1. The molecule has 2 N–H and O–H groups in total. The molecule has 0 radical (unpaired) electrons. The van der Waals surface area contributed by atoms with Gasteiger partial charge in [-0.15, -0.1) is 0 Å². The van der Waals surface area contributed by atoms with Crippen LogP contribution in [0.15, 0.2) is 36.5 Å². The molecule has 2 saturated heterocycles. The molecule has 4 rings (SSSR count). The first-order valence-corrected chi connectivity index (χ1v) is 12.3. The third kappa shape index (κ3) is 5.75. The Labute approximate surface area is 210 Å². The quantitative estimate of drug-likeness (QED) is 0.636. The number of hydrogen-bond donors (Lipinski definition) is 1. The minimum atomic E-state index is -0.195. The van der Waals surface area contributed by atoms with E-state index in [-0.39, 0.29) is 29.8 Å². The zero-order valence-corrected chi connectivity index (χ0v) is 20.7. The molecule has 0 unspecified atom stereocenters. The second-order valence-corrected chi connectivity index (χ2v) is 9.99. The lowest BCUT2D eigenvalue weighted by atomic mass is 9.86. The highest BCUT2D eigenvalue weighted by atomic mass is 35.5. The minimum Gasteiger partial charge on any atom is -0.474 e. The first-order valence-electron chi connectivity index (χ1n) is 11.6. The van der Waals surface area contributed by atoms with E-state index in [1.807, 2.05) is 24.0 Å². The highest BCUT2D eigenvalue weighted by molar-refractivity contribution is 6.42. The molecule has 0 spiro atoms. The van der Waals surface area contributed by atoms with E-state index >= 15 is 0 Å². The summed E-state index contributed by atoms with van der Waals surface area (Å²) in [5.74, 6) is 0.790. The van der Waals surface area contributed by atoms with Crippen molar-refractivity contribution in [1.29, 1.82) is 5.26 Å². The van der Waals surface area contributed by atoms with E-state index in [1.54, 1.807) is 24.4 Å². The van der Waals surface area contributed by atoms with E-state index in [9.17, 15) is 4.79 Å². The summed E-state index contributed by atoms with van der Waals surface area (Å²) in [6, 6.07) is 11.5. The van der Waals surface area contributed by atoms with Gasteiger partial charge in [0, 0.05) is 36.9 Å². The van der Waals surface area contributed by atoms with Gasteiger partial charge in [0.1, 0.15) is 6.10 Å². The molecule has 2 aliphatic rings. The van der Waals surface area contributed by atoms with Crippen LogP contribution in [0.25, 0.3) is 0 Å². The fourth-order valence-corrected chi connectivity index (χ4v) is 5.16. The van der Waals surface area contributed by atoms with Gasteiger partial charge >= 0.3 is 0 Å². The Bertz CT molecular complexity index is 1050. The lowest BCUT2D eigenvalue weighted by molar-refractivity contribution is -0.131. The summed E-state index contributed by atoms with van der Waals surface area (Å²) in [5, 5.41) is 10.1. The van der Waals surface area contributed by atoms with Crippen LogP contribution in [-0.2, 0) is 4.79 Å². The second kappa shape index (κ2) is 10.8. The number of aromatic nitrogens is 1. The molecule has 34 heavy (non-hydrogen) atoms. The van der Waals surface area contributed by atoms with Crippen molar-refractivity contribution in [2.45, 2.75) is 31.8 Å². The number of halogens is 2. The molecule has 9 heteroatoms. The Morgan fingerprint density at radius 3 is 2.65 bits per heavy atom. The van der Waals surface area contributed by atoms with E-state index in [0.29, 0.717) is 41.2 Å². The van der Waals surface area contributed by atoms with Crippen LogP contribution in [0.3, 0.4) is 0 Å². The van der Waals surface area contributed by atoms with Crippen molar-refractivity contribution in [3.05, 3.63) is 52.1 Å². The molecule has 0 bridgehead atoms. The Kier molecular flexibility index (Phi) is 7.82. The number of nitriles is 1. The third-order valence-corrected chi connectivity index (χ3v) is 7.63. The summed E-state index contributed by atoms with van der Waals surface area (Å²) in [7, 11) is 0. The fraction of sp³-hybridized carbons (Fsp3) is 0.480. The molecule has 3 heterocycles. The van der Waals surface area contributed by atoms with Gasteiger partial charge in [0.25, 0.3) is 0 Å². The maximum atomic E-state index is 13.2. The number of pyridine rings is 1. The number of rotatable bonds is 6. The third-order valence-electron chi connectivity index (χ3n) is 6.89. The number of anilines is 1. The van der Waals surface area contributed by atoms with E-state index in [1.165, 1.54) is 0 Å². The van der Waals surface area contributed by atoms with E-state index < -0.39 is 0 Å². The van der Waals surface area contributed by atoms with Gasteiger partial charge < -0.3 is 15.4 Å². The Morgan fingerprint density at radius 1 is 1.24 bits per heavy atom. The van der Waals surface area contributed by atoms with Gasteiger partial charge in [-0.2, -0.15) is 5.26 Å². The van der Waals surface area contributed by atoms with Gasteiger partial charge in [0.05, 0.1) is 34.5 Å². The Morgan fingerprint density at radius 2 is 2.00 bits per heavy atom. The zero-order valence-electron chi connectivity index (χ0n) is 19.2. The number of carbonyl (C=O) groups excluding carboxylic acids is 1. The number of likely N-dealkylation sites (tertiary alicyclic amines) is 2. The van der Waals surface area contributed by atoms with Crippen LogP contribution >= 0.6 is 23.2 Å². The summed E-state index contributed by atoms with van der Waals surface area (Å²) >= 11 is 12.5. The Hall–Kier alpha value is -2.53. The first kappa shape index (κ1) is 24.6. The topological polar surface area (TPSA) is 95.5 Å². The predicted molar refractivity (Wildman–Crippen MR) is 133 cm³/mol. The van der Waals surface area contributed by atoms with Crippen LogP contribution in [0.2, 0.25) is 10.0 Å². The van der Waals surface area contributed by atoms with Crippen molar-refractivity contribution < 1.29 is 9.53 Å². The molecule has 2 aliphatic heterocycles. The number of amides is 1. The normalized spacial score (nSPS) is 22.4. The largest absolute Gasteiger partial charge is 0.474 e. The SMILES string of the molecule is C[C@H](Oc1ccc(N)cn1)[C@H]1CN(C(=O)CN2CCC(C#N)CC2)C[C@@H]1c1ccc(Cl)c(Cl)c1. The van der Waals surface area contributed by atoms with Crippen molar-refractivity contribution in [3.63, 3.8) is 0 Å². The summed E-state index contributed by atoms with van der Waals surface area (Å²) in [4.78, 5) is 21.6. The van der Waals surface area contributed by atoms with Crippen LogP contribution in [0, 0.1) is 23.2 Å². The van der Waals surface area contributed by atoms with Crippen molar-refractivity contribution >= 4 is 34.8 Å². The lowest BCUT2D eigenvalue weighted by Crippen LogP contribution is -2.43. The minimum absolute atomic E-state index is 0.0462. The average molecular weight is 502 g/mol. The van der Waals surface area contributed by atoms with Crippen LogP contribution < -0.4 is 10.5 Å². The van der Waals surface area contributed by atoms with Crippen molar-refractivity contribution in [2.75, 3.05) is 38.5 Å². The number of nitrogens with zero attached hydrogens (tertiary/aromatic N) is 4. The van der Waals surface area contributed by atoms with Gasteiger partial charge in [0.2, 0.25) is 11.8 Å². The molecule has 1 amide bonds. The maximum absolute atomic E-state index is 13.2. The molecule has 7 nitrogen and oxygen atoms in total. The van der Waals surface area contributed by atoms with Crippen LogP contribution in [0.4, 0.5) is 5.69 Å². The number of carbonyl (C=O) groups is 1. The number of piperidine rings is 1. The van der Waals surface area contributed by atoms with Gasteiger partial charge in [0.15, 0.2) is 0 Å². The standard InChI is InChI=1S/C25H29Cl2N5O2/c1-16(34-24-5-3-19(29)12-30-24)20-13-32(14-21(20)18-2-4-22(26)23(27)10-18)25(33)15-31-8-6-17(11-28)7-9-31/h2-5,10,12,16-17,20-21H,6-9,13-15,29H2,1H3/t16-,20+,21+/m0/s1. The van der Waals surface area contributed by atoms with Gasteiger partial charge in [-0.05, 0) is 56.6 Å². The molecular weight excluding hydrogens is 473 g/mol. The number of benzene rings is 1. The highest BCUT2D eigenvalue weighted by Crippen LogP contribution is 2.38.